The Hall–Kier alpha value is -1.82. The summed E-state index contributed by atoms with van der Waals surface area (Å²) < 4.78 is 6.49. The predicted octanol–water partition coefficient (Wildman–Crippen LogP) is 2.72. The normalized spacial score (nSPS) is 15.7. The molecule has 0 atom stereocenters. The fourth-order valence-corrected chi connectivity index (χ4v) is 2.64. The Kier molecular flexibility index (Phi) is 3.25. The highest BCUT2D eigenvalue weighted by Gasteiger charge is 2.29. The molecule has 0 radical (unpaired) electrons. The van der Waals surface area contributed by atoms with Gasteiger partial charge in [-0.1, -0.05) is 0 Å². The van der Waals surface area contributed by atoms with Crippen molar-refractivity contribution in [2.24, 2.45) is 11.0 Å². The predicted molar refractivity (Wildman–Crippen MR) is 75.4 cm³/mol. The van der Waals surface area contributed by atoms with E-state index in [0.717, 1.165) is 23.1 Å². The summed E-state index contributed by atoms with van der Waals surface area (Å²) in [6.45, 7) is 2.49. The van der Waals surface area contributed by atoms with Crippen LogP contribution >= 0.6 is 11.3 Å². The molecule has 2 heterocycles. The summed E-state index contributed by atoms with van der Waals surface area (Å²) in [7, 11) is 0. The minimum absolute atomic E-state index is 0.235. The van der Waals surface area contributed by atoms with Gasteiger partial charge in [-0.05, 0) is 37.3 Å². The van der Waals surface area contributed by atoms with E-state index in [-0.39, 0.29) is 5.91 Å². The van der Waals surface area contributed by atoms with E-state index in [1.54, 1.807) is 11.3 Å². The number of hydrogen-bond acceptors (Lipinski definition) is 4. The lowest BCUT2D eigenvalue weighted by Gasteiger charge is -2.05. The van der Waals surface area contributed by atoms with Crippen LogP contribution in [0.3, 0.4) is 0 Å². The maximum absolute atomic E-state index is 12.0. The number of fused-ring (bicyclic) bond motifs is 1. The Morgan fingerprint density at radius 2 is 2.47 bits per heavy atom. The van der Waals surface area contributed by atoms with E-state index in [9.17, 15) is 4.79 Å². The average molecular weight is 277 g/mol. The van der Waals surface area contributed by atoms with Crippen molar-refractivity contribution in [1.82, 2.24) is 10.4 Å². The second kappa shape index (κ2) is 5.05. The summed E-state index contributed by atoms with van der Waals surface area (Å²) in [5.74, 6) is 0.790. The van der Waals surface area contributed by atoms with Gasteiger partial charge in [-0.15, -0.1) is 16.4 Å². The molecule has 1 amide bonds. The van der Waals surface area contributed by atoms with Crippen molar-refractivity contribution in [3.8, 4) is 0 Å². The molecule has 6 heteroatoms. The second-order valence-corrected chi connectivity index (χ2v) is 5.43. The first-order valence-electron chi connectivity index (χ1n) is 6.35. The fraction of sp³-hybridized carbons (Fsp3) is 0.385. The summed E-state index contributed by atoms with van der Waals surface area (Å²) in [6, 6.07) is 3.79. The molecular formula is C13H15N3O2S. The van der Waals surface area contributed by atoms with Gasteiger partial charge in [0.25, 0.3) is 5.91 Å². The van der Waals surface area contributed by atoms with Crippen molar-refractivity contribution < 1.29 is 9.53 Å². The van der Waals surface area contributed by atoms with Crippen LogP contribution in [0.2, 0.25) is 0 Å². The van der Waals surface area contributed by atoms with Gasteiger partial charge in [-0.2, -0.15) is 0 Å². The number of H-pyrrole nitrogens is 1. The fourth-order valence-electron chi connectivity index (χ4n) is 1.86. The number of ether oxygens (including phenoxy) is 1. The number of hydrogen-bond donors (Lipinski definition) is 2. The highest BCUT2D eigenvalue weighted by Crippen LogP contribution is 2.30. The molecule has 0 aromatic carbocycles. The Bertz CT molecular complexity index is 596. The first-order chi connectivity index (χ1) is 9.28. The summed E-state index contributed by atoms with van der Waals surface area (Å²) in [6.07, 6.45) is 2.18. The number of nitrogens with one attached hydrogen (secondary N) is 2. The maximum atomic E-state index is 12.0. The molecule has 0 saturated heterocycles. The zero-order chi connectivity index (χ0) is 13.2. The third-order valence-corrected chi connectivity index (χ3v) is 3.83. The molecule has 2 aromatic heterocycles. The Morgan fingerprint density at radius 1 is 1.63 bits per heavy atom. The van der Waals surface area contributed by atoms with Crippen LogP contribution in [0.15, 0.2) is 22.6 Å². The second-order valence-electron chi connectivity index (χ2n) is 4.48. The highest BCUT2D eigenvalue weighted by molar-refractivity contribution is 7.17. The van der Waals surface area contributed by atoms with Gasteiger partial charge in [0.2, 0.25) is 5.90 Å². The van der Waals surface area contributed by atoms with Gasteiger partial charge in [0.1, 0.15) is 5.69 Å². The zero-order valence-corrected chi connectivity index (χ0v) is 11.4. The highest BCUT2D eigenvalue weighted by atomic mass is 32.1. The Morgan fingerprint density at radius 3 is 3.16 bits per heavy atom. The number of nitrogens with zero attached hydrogens (tertiary/aromatic N) is 1. The summed E-state index contributed by atoms with van der Waals surface area (Å²) >= 11 is 1.60. The molecule has 1 aliphatic rings. The van der Waals surface area contributed by atoms with Crippen LogP contribution in [-0.4, -0.2) is 23.4 Å². The number of amides is 1. The van der Waals surface area contributed by atoms with Crippen molar-refractivity contribution in [3.05, 3.63) is 23.2 Å². The van der Waals surface area contributed by atoms with Crippen LogP contribution in [0, 0.1) is 5.92 Å². The molecule has 3 rings (SSSR count). The van der Waals surface area contributed by atoms with Crippen molar-refractivity contribution in [2.45, 2.75) is 19.8 Å². The summed E-state index contributed by atoms with van der Waals surface area (Å²) in [4.78, 5) is 15.0. The molecule has 0 spiro atoms. The molecule has 1 saturated carbocycles. The molecule has 0 unspecified atom stereocenters. The SMILES string of the molecule is CCO/C(=N\NC(=O)c1cc2sccc2[nH]1)C1CC1. The largest absolute Gasteiger partial charge is 0.480 e. The third-order valence-electron chi connectivity index (χ3n) is 2.97. The first-order valence-corrected chi connectivity index (χ1v) is 7.23. The van der Waals surface area contributed by atoms with E-state index >= 15 is 0 Å². The third kappa shape index (κ3) is 2.63. The van der Waals surface area contributed by atoms with Crippen LogP contribution in [0.5, 0.6) is 0 Å². The molecule has 2 aromatic rings. The number of thiophene rings is 1. The van der Waals surface area contributed by atoms with Gasteiger partial charge >= 0.3 is 0 Å². The number of carbonyl (C=O) groups excluding carboxylic acids is 1. The lowest BCUT2D eigenvalue weighted by molar-refractivity contribution is 0.0948. The van der Waals surface area contributed by atoms with Crippen molar-refractivity contribution >= 4 is 33.4 Å². The Labute approximate surface area is 114 Å². The van der Waals surface area contributed by atoms with Crippen molar-refractivity contribution in [3.63, 3.8) is 0 Å². The molecule has 0 bridgehead atoms. The van der Waals surface area contributed by atoms with Gasteiger partial charge in [0, 0.05) is 5.92 Å². The number of aromatic nitrogens is 1. The van der Waals surface area contributed by atoms with Crippen LogP contribution < -0.4 is 5.43 Å². The van der Waals surface area contributed by atoms with Gasteiger partial charge < -0.3 is 9.72 Å². The van der Waals surface area contributed by atoms with Gasteiger partial charge in [0.15, 0.2) is 0 Å². The van der Waals surface area contributed by atoms with Crippen LogP contribution in [0.1, 0.15) is 30.3 Å². The van der Waals surface area contributed by atoms with Crippen molar-refractivity contribution in [2.75, 3.05) is 6.61 Å². The van der Waals surface area contributed by atoms with Gasteiger partial charge in [-0.25, -0.2) is 5.43 Å². The molecule has 0 aliphatic heterocycles. The topological polar surface area (TPSA) is 66.5 Å². The lowest BCUT2D eigenvalue weighted by Crippen LogP contribution is -2.21. The quantitative estimate of drug-likeness (QED) is 0.512. The van der Waals surface area contributed by atoms with Gasteiger partial charge in [0.05, 0.1) is 16.8 Å². The Balaban J connectivity index is 1.70. The number of carbonyl (C=O) groups is 1. The van der Waals surface area contributed by atoms with Crippen molar-refractivity contribution in [1.29, 1.82) is 0 Å². The molecule has 1 fully saturated rings. The summed E-state index contributed by atoms with van der Waals surface area (Å²) in [5.41, 5.74) is 4.06. The van der Waals surface area contributed by atoms with Crippen LogP contribution in [0.25, 0.3) is 10.2 Å². The molecule has 100 valence electrons. The minimum Gasteiger partial charge on any atom is -0.480 e. The molecule has 19 heavy (non-hydrogen) atoms. The molecular weight excluding hydrogens is 262 g/mol. The van der Waals surface area contributed by atoms with E-state index in [1.165, 1.54) is 0 Å². The van der Waals surface area contributed by atoms with Crippen LogP contribution in [-0.2, 0) is 4.74 Å². The lowest BCUT2D eigenvalue weighted by atomic mass is 10.4. The number of hydrazone groups is 1. The smallest absolute Gasteiger partial charge is 0.287 e. The van der Waals surface area contributed by atoms with E-state index < -0.39 is 0 Å². The number of aromatic amines is 1. The van der Waals surface area contributed by atoms with Gasteiger partial charge in [-0.3, -0.25) is 4.79 Å². The number of rotatable bonds is 4. The zero-order valence-electron chi connectivity index (χ0n) is 10.6. The van der Waals surface area contributed by atoms with E-state index in [1.807, 2.05) is 24.4 Å². The van der Waals surface area contributed by atoms with E-state index in [4.69, 9.17) is 4.74 Å². The standard InChI is InChI=1S/C13H15N3O2S/c1-2-18-13(8-3-4-8)16-15-12(17)10-7-11-9(14-10)5-6-19-11/h5-8,14H,2-4H2,1H3,(H,15,17)/b16-13-. The van der Waals surface area contributed by atoms with E-state index in [0.29, 0.717) is 24.1 Å². The minimum atomic E-state index is -0.235. The molecule has 1 aliphatic carbocycles. The average Bonchev–Trinajstić information content (AvgIpc) is 3.01. The summed E-state index contributed by atoms with van der Waals surface area (Å²) in [5, 5.41) is 6.07. The van der Waals surface area contributed by atoms with E-state index in [2.05, 4.69) is 15.5 Å². The van der Waals surface area contributed by atoms with Crippen LogP contribution in [0.4, 0.5) is 0 Å². The monoisotopic (exact) mass is 277 g/mol. The maximum Gasteiger partial charge on any atom is 0.287 e. The first kappa shape index (κ1) is 12.2. The molecule has 5 nitrogen and oxygen atoms in total. The molecule has 2 N–H and O–H groups in total.